The SMILES string of the molecule is O=C(NC12CC(n3cc(N4CC(OC(F)(F)F)C4)cn3)(C1)C2)[C@@H]1C[C@@H](O)c2cc(Cl)ccc2O1. The van der Waals surface area contributed by atoms with Crippen molar-refractivity contribution in [3.63, 3.8) is 0 Å². The second-order valence-corrected chi connectivity index (χ2v) is 10.2. The number of aliphatic hydroxyl groups is 1. The summed E-state index contributed by atoms with van der Waals surface area (Å²) in [6.45, 7) is 0.335. The quantitative estimate of drug-likeness (QED) is 0.659. The Morgan fingerprint density at radius 1 is 1.29 bits per heavy atom. The second-order valence-electron chi connectivity index (χ2n) is 9.80. The molecule has 5 aliphatic rings. The van der Waals surface area contributed by atoms with E-state index in [1.54, 1.807) is 29.3 Å². The van der Waals surface area contributed by atoms with Gasteiger partial charge in [0.05, 0.1) is 23.5 Å². The molecule has 0 radical (unpaired) electrons. The number of anilines is 1. The molecule has 1 amide bonds. The van der Waals surface area contributed by atoms with Crippen LogP contribution in [0.1, 0.15) is 37.4 Å². The van der Waals surface area contributed by atoms with Gasteiger partial charge in [-0.25, -0.2) is 0 Å². The molecular formula is C22H22ClF3N4O4. The first-order valence-electron chi connectivity index (χ1n) is 11.0. The van der Waals surface area contributed by atoms with E-state index in [1.807, 2.05) is 10.9 Å². The van der Waals surface area contributed by atoms with Crippen LogP contribution in [0, 0.1) is 0 Å². The molecule has 4 fully saturated rings. The molecule has 8 nitrogen and oxygen atoms in total. The van der Waals surface area contributed by atoms with Crippen molar-refractivity contribution < 1.29 is 32.5 Å². The highest BCUT2D eigenvalue weighted by molar-refractivity contribution is 6.30. The number of hydrogen-bond acceptors (Lipinski definition) is 6. The topological polar surface area (TPSA) is 88.9 Å². The molecule has 182 valence electrons. The van der Waals surface area contributed by atoms with Gasteiger partial charge in [0.2, 0.25) is 0 Å². The van der Waals surface area contributed by atoms with Crippen molar-refractivity contribution in [2.24, 2.45) is 0 Å². The highest BCUT2D eigenvalue weighted by atomic mass is 35.5. The number of benzene rings is 1. The van der Waals surface area contributed by atoms with Crippen molar-refractivity contribution in [3.8, 4) is 5.75 Å². The molecule has 12 heteroatoms. The minimum atomic E-state index is -4.62. The standard InChI is InChI=1S/C22H22ClF3N4O4/c23-12-1-2-17-15(3-12)16(31)4-18(33-17)19(32)28-20-9-21(10-20,11-20)30-6-13(5-27-30)29-7-14(8-29)34-22(24,25)26/h1-3,5-6,14,16,18,31H,4,7-11H2,(H,28,32)/t16-,18+,20?,21?/m1/s1. The average Bonchev–Trinajstić information content (AvgIpc) is 3.14. The Morgan fingerprint density at radius 2 is 2.03 bits per heavy atom. The number of nitrogens with one attached hydrogen (secondary N) is 1. The molecule has 2 atom stereocenters. The van der Waals surface area contributed by atoms with Crippen molar-refractivity contribution in [1.82, 2.24) is 15.1 Å². The van der Waals surface area contributed by atoms with Gasteiger partial charge >= 0.3 is 6.36 Å². The Morgan fingerprint density at radius 3 is 2.74 bits per heavy atom. The van der Waals surface area contributed by atoms with Crippen molar-refractivity contribution >= 4 is 23.2 Å². The lowest BCUT2D eigenvalue weighted by Gasteiger charge is -2.70. The molecule has 3 aliphatic carbocycles. The molecule has 1 aromatic carbocycles. The number of fused-ring (bicyclic) bond motifs is 1. The first-order valence-corrected chi connectivity index (χ1v) is 11.4. The van der Waals surface area contributed by atoms with Gasteiger partial charge in [0.15, 0.2) is 6.10 Å². The van der Waals surface area contributed by atoms with Gasteiger partial charge in [0.1, 0.15) is 11.9 Å². The van der Waals surface area contributed by atoms with E-state index in [0.717, 1.165) is 5.69 Å². The van der Waals surface area contributed by atoms with E-state index in [2.05, 4.69) is 15.2 Å². The molecule has 2 bridgehead atoms. The van der Waals surface area contributed by atoms with Crippen molar-refractivity contribution in [2.45, 2.75) is 61.4 Å². The average molecular weight is 499 g/mol. The lowest BCUT2D eigenvalue weighted by Crippen LogP contribution is -2.79. The van der Waals surface area contributed by atoms with Crippen LogP contribution in [0.15, 0.2) is 30.6 Å². The van der Waals surface area contributed by atoms with Crippen LogP contribution >= 0.6 is 11.6 Å². The Labute approximate surface area is 197 Å². The van der Waals surface area contributed by atoms with Gasteiger partial charge < -0.3 is 20.1 Å². The number of ether oxygens (including phenoxy) is 2. The largest absolute Gasteiger partial charge is 0.522 e. The fraction of sp³-hybridized carbons (Fsp3) is 0.545. The number of nitrogens with zero attached hydrogens (tertiary/aromatic N) is 3. The smallest absolute Gasteiger partial charge is 0.480 e. The van der Waals surface area contributed by atoms with E-state index in [9.17, 15) is 23.1 Å². The third-order valence-electron chi connectivity index (χ3n) is 7.29. The van der Waals surface area contributed by atoms with E-state index in [1.165, 1.54) is 0 Å². The van der Waals surface area contributed by atoms with Gasteiger partial charge in [-0.3, -0.25) is 14.2 Å². The van der Waals surface area contributed by atoms with E-state index < -0.39 is 24.7 Å². The summed E-state index contributed by atoms with van der Waals surface area (Å²) in [7, 11) is 0. The number of halogens is 4. The molecule has 1 aromatic heterocycles. The fourth-order valence-electron chi connectivity index (χ4n) is 5.68. The van der Waals surface area contributed by atoms with Crippen LogP contribution in [0.25, 0.3) is 0 Å². The summed E-state index contributed by atoms with van der Waals surface area (Å²) in [4.78, 5) is 14.7. The number of aromatic nitrogens is 2. The zero-order chi connectivity index (χ0) is 23.9. The summed E-state index contributed by atoms with van der Waals surface area (Å²) in [5.74, 6) is 0.195. The van der Waals surface area contributed by atoms with Crippen molar-refractivity contribution in [3.05, 3.63) is 41.2 Å². The van der Waals surface area contributed by atoms with Crippen LogP contribution in [0.4, 0.5) is 18.9 Å². The summed E-state index contributed by atoms with van der Waals surface area (Å²) in [5, 5.41) is 18.4. The Hall–Kier alpha value is -2.50. The molecule has 2 aromatic rings. The van der Waals surface area contributed by atoms with Gasteiger partial charge in [0.25, 0.3) is 5.91 Å². The predicted molar refractivity (Wildman–Crippen MR) is 114 cm³/mol. The summed E-state index contributed by atoms with van der Waals surface area (Å²) < 4.78 is 48.6. The van der Waals surface area contributed by atoms with Gasteiger partial charge in [-0.1, -0.05) is 11.6 Å². The summed E-state index contributed by atoms with van der Waals surface area (Å²) in [5.41, 5.74) is 0.830. The first-order chi connectivity index (χ1) is 16.0. The maximum absolute atomic E-state index is 12.9. The van der Waals surface area contributed by atoms with Crippen LogP contribution in [-0.2, 0) is 15.1 Å². The molecule has 1 saturated heterocycles. The first kappa shape index (κ1) is 22.0. The normalized spacial score (nSPS) is 32.1. The molecule has 3 saturated carbocycles. The van der Waals surface area contributed by atoms with E-state index in [0.29, 0.717) is 35.6 Å². The van der Waals surface area contributed by atoms with Crippen LogP contribution in [0.2, 0.25) is 5.02 Å². The number of amides is 1. The number of rotatable bonds is 5. The summed E-state index contributed by atoms with van der Waals surface area (Å²) >= 11 is 5.98. The predicted octanol–water partition coefficient (Wildman–Crippen LogP) is 2.89. The third kappa shape index (κ3) is 3.61. The number of carbonyl (C=O) groups excluding carboxylic acids is 1. The fourth-order valence-corrected chi connectivity index (χ4v) is 5.86. The maximum Gasteiger partial charge on any atom is 0.522 e. The Kier molecular flexibility index (Phi) is 4.69. The van der Waals surface area contributed by atoms with Gasteiger partial charge in [-0.15, -0.1) is 13.2 Å². The summed E-state index contributed by atoms with van der Waals surface area (Å²) in [6.07, 6.45) is -1.31. The molecule has 2 N–H and O–H groups in total. The van der Waals surface area contributed by atoms with Crippen LogP contribution in [0.5, 0.6) is 5.75 Å². The van der Waals surface area contributed by atoms with Gasteiger partial charge in [-0.2, -0.15) is 5.10 Å². The Bertz CT molecular complexity index is 1130. The van der Waals surface area contributed by atoms with Crippen LogP contribution < -0.4 is 15.0 Å². The zero-order valence-electron chi connectivity index (χ0n) is 17.9. The van der Waals surface area contributed by atoms with E-state index in [-0.39, 0.29) is 36.5 Å². The molecule has 34 heavy (non-hydrogen) atoms. The minimum Gasteiger partial charge on any atom is -0.480 e. The van der Waals surface area contributed by atoms with Crippen molar-refractivity contribution in [1.29, 1.82) is 0 Å². The Balaban J connectivity index is 1.03. The molecule has 7 rings (SSSR count). The molecule has 2 aliphatic heterocycles. The molecular weight excluding hydrogens is 477 g/mol. The minimum absolute atomic E-state index is 0.151. The lowest BCUT2D eigenvalue weighted by atomic mass is 9.44. The third-order valence-corrected chi connectivity index (χ3v) is 7.52. The summed E-state index contributed by atoms with van der Waals surface area (Å²) in [6, 6.07) is 4.95. The van der Waals surface area contributed by atoms with Crippen LogP contribution in [-0.4, -0.2) is 58.0 Å². The second kappa shape index (κ2) is 7.25. The monoisotopic (exact) mass is 498 g/mol. The highest BCUT2D eigenvalue weighted by Crippen LogP contribution is 2.65. The van der Waals surface area contributed by atoms with E-state index in [4.69, 9.17) is 16.3 Å². The number of alkyl halides is 3. The van der Waals surface area contributed by atoms with Gasteiger partial charge in [0, 0.05) is 41.8 Å². The zero-order valence-corrected chi connectivity index (χ0v) is 18.6. The number of carbonyl (C=O) groups is 1. The highest BCUT2D eigenvalue weighted by Gasteiger charge is 2.70. The van der Waals surface area contributed by atoms with Crippen molar-refractivity contribution in [2.75, 3.05) is 18.0 Å². The van der Waals surface area contributed by atoms with Gasteiger partial charge in [-0.05, 0) is 37.5 Å². The molecule has 3 heterocycles. The maximum atomic E-state index is 12.9. The van der Waals surface area contributed by atoms with Crippen LogP contribution in [0.3, 0.4) is 0 Å². The van der Waals surface area contributed by atoms with E-state index >= 15 is 0 Å². The number of aliphatic hydroxyl groups excluding tert-OH is 1. The molecule has 0 unspecified atom stereocenters. The number of hydrogen-bond donors (Lipinski definition) is 2. The molecule has 0 spiro atoms. The lowest BCUT2D eigenvalue weighted by molar-refractivity contribution is -0.344.